The van der Waals surface area contributed by atoms with E-state index >= 15 is 0 Å². The average molecular weight is 493 g/mol. The molecule has 6 rings (SSSR count). The number of hydrazone groups is 1. The number of ether oxygens (including phenoxy) is 1. The topological polar surface area (TPSA) is 89.0 Å². The standard InChI is InChI=1S/C25H28N6O3S/c1-17-4-6-18(7-5-17)20-15-21(22-3-2-12-34-22)31(28-20)23(32)16-35-25-27-26-24(30(25)19-8-9-19)29-10-13-33-14-11-29/h2-7,12,19,21H,8-11,13-16H2,1H3. The van der Waals surface area contributed by atoms with Gasteiger partial charge in [-0.2, -0.15) is 5.10 Å². The molecular weight excluding hydrogens is 464 g/mol. The van der Waals surface area contributed by atoms with Crippen LogP contribution in [0.15, 0.2) is 57.3 Å². The van der Waals surface area contributed by atoms with Crippen LogP contribution in [0.1, 0.15) is 48.2 Å². The Morgan fingerprint density at radius 1 is 1.11 bits per heavy atom. The Kier molecular flexibility index (Phi) is 6.07. The number of thioether (sulfide) groups is 1. The highest BCUT2D eigenvalue weighted by atomic mass is 32.2. The summed E-state index contributed by atoms with van der Waals surface area (Å²) in [6.07, 6.45) is 4.50. The van der Waals surface area contributed by atoms with Crippen LogP contribution in [0, 0.1) is 6.92 Å². The third kappa shape index (κ3) is 4.60. The molecule has 182 valence electrons. The van der Waals surface area contributed by atoms with Gasteiger partial charge in [-0.15, -0.1) is 10.2 Å². The molecule has 1 aromatic carbocycles. The van der Waals surface area contributed by atoms with Gasteiger partial charge in [0, 0.05) is 25.6 Å². The number of aryl methyl sites for hydroxylation is 1. The van der Waals surface area contributed by atoms with Crippen molar-refractivity contribution in [2.75, 3.05) is 37.0 Å². The molecule has 0 spiro atoms. The minimum absolute atomic E-state index is 0.0724. The van der Waals surface area contributed by atoms with E-state index in [-0.39, 0.29) is 17.7 Å². The molecule has 10 heteroatoms. The van der Waals surface area contributed by atoms with Gasteiger partial charge in [0.15, 0.2) is 5.16 Å². The van der Waals surface area contributed by atoms with E-state index in [0.29, 0.717) is 25.7 Å². The maximum atomic E-state index is 13.4. The molecule has 1 amide bonds. The van der Waals surface area contributed by atoms with Gasteiger partial charge in [0.05, 0.1) is 30.9 Å². The van der Waals surface area contributed by atoms with E-state index in [1.165, 1.54) is 17.3 Å². The highest BCUT2D eigenvalue weighted by molar-refractivity contribution is 7.99. The summed E-state index contributed by atoms with van der Waals surface area (Å²) >= 11 is 1.43. The normalized spacial score (nSPS) is 20.4. The monoisotopic (exact) mass is 492 g/mol. The van der Waals surface area contributed by atoms with Crippen LogP contribution in [0.2, 0.25) is 0 Å². The number of carbonyl (C=O) groups is 1. The lowest BCUT2D eigenvalue weighted by Gasteiger charge is -2.28. The Balaban J connectivity index is 1.21. The second-order valence-corrected chi connectivity index (χ2v) is 10.1. The first-order chi connectivity index (χ1) is 17.2. The summed E-state index contributed by atoms with van der Waals surface area (Å²) < 4.78 is 13.4. The molecular formula is C25H28N6O3S. The van der Waals surface area contributed by atoms with Crippen LogP contribution in [0.25, 0.3) is 0 Å². The van der Waals surface area contributed by atoms with Crippen molar-refractivity contribution >= 4 is 29.3 Å². The van der Waals surface area contributed by atoms with Crippen LogP contribution < -0.4 is 4.90 Å². The third-order valence-electron chi connectivity index (χ3n) is 6.60. The Labute approximate surface area is 208 Å². The molecule has 0 N–H and O–H groups in total. The fraction of sp³-hybridized carbons (Fsp3) is 0.440. The first-order valence-electron chi connectivity index (χ1n) is 12.1. The SMILES string of the molecule is Cc1ccc(C2=NN(C(=O)CSc3nnc(N4CCOCC4)n3C3CC3)C(c3ccco3)C2)cc1. The van der Waals surface area contributed by atoms with Crippen molar-refractivity contribution in [3.05, 3.63) is 59.5 Å². The number of hydrogen-bond donors (Lipinski definition) is 0. The average Bonchev–Trinajstić information content (AvgIpc) is 3.28. The van der Waals surface area contributed by atoms with E-state index in [2.05, 4.69) is 50.9 Å². The molecule has 1 saturated carbocycles. The fourth-order valence-corrected chi connectivity index (χ4v) is 5.41. The predicted octanol–water partition coefficient (Wildman–Crippen LogP) is 3.82. The van der Waals surface area contributed by atoms with Crippen LogP contribution >= 0.6 is 11.8 Å². The molecule has 9 nitrogen and oxygen atoms in total. The molecule has 3 aromatic rings. The van der Waals surface area contributed by atoms with Crippen LogP contribution in [-0.4, -0.2) is 63.4 Å². The highest BCUT2D eigenvalue weighted by Crippen LogP contribution is 2.41. The largest absolute Gasteiger partial charge is 0.467 e. The van der Waals surface area contributed by atoms with Gasteiger partial charge in [0.25, 0.3) is 5.91 Å². The van der Waals surface area contributed by atoms with Crippen LogP contribution in [-0.2, 0) is 9.53 Å². The molecule has 4 heterocycles. The Morgan fingerprint density at radius 3 is 2.63 bits per heavy atom. The molecule has 0 bridgehead atoms. The lowest BCUT2D eigenvalue weighted by molar-refractivity contribution is -0.130. The molecule has 2 fully saturated rings. The summed E-state index contributed by atoms with van der Waals surface area (Å²) in [5.74, 6) is 1.79. The summed E-state index contributed by atoms with van der Waals surface area (Å²) in [5, 5.41) is 16.1. The minimum Gasteiger partial charge on any atom is -0.467 e. The summed E-state index contributed by atoms with van der Waals surface area (Å²) in [4.78, 5) is 15.7. The molecule has 2 aromatic heterocycles. The Hall–Kier alpha value is -3.11. The lowest BCUT2D eigenvalue weighted by atomic mass is 10.0. The number of morpholine rings is 1. The van der Waals surface area contributed by atoms with E-state index < -0.39 is 0 Å². The molecule has 2 aliphatic heterocycles. The zero-order chi connectivity index (χ0) is 23.8. The summed E-state index contributed by atoms with van der Waals surface area (Å²) in [6, 6.07) is 12.2. The van der Waals surface area contributed by atoms with Gasteiger partial charge in [-0.1, -0.05) is 41.6 Å². The molecule has 1 saturated heterocycles. The van der Waals surface area contributed by atoms with Crippen molar-refractivity contribution in [3.63, 3.8) is 0 Å². The van der Waals surface area contributed by atoms with E-state index in [4.69, 9.17) is 14.3 Å². The minimum atomic E-state index is -0.250. The first kappa shape index (κ1) is 22.4. The van der Waals surface area contributed by atoms with Crippen LogP contribution in [0.5, 0.6) is 0 Å². The number of rotatable bonds is 7. The molecule has 1 atom stereocenters. The van der Waals surface area contributed by atoms with Gasteiger partial charge < -0.3 is 14.1 Å². The summed E-state index contributed by atoms with van der Waals surface area (Å²) in [6.45, 7) is 5.07. The Bertz CT molecular complexity index is 1210. The number of carbonyl (C=O) groups excluding carboxylic acids is 1. The van der Waals surface area contributed by atoms with Crippen molar-refractivity contribution in [1.82, 2.24) is 19.8 Å². The maximum absolute atomic E-state index is 13.4. The first-order valence-corrected chi connectivity index (χ1v) is 13.1. The second-order valence-electron chi connectivity index (χ2n) is 9.16. The van der Waals surface area contributed by atoms with Gasteiger partial charge in [0.2, 0.25) is 5.95 Å². The third-order valence-corrected chi connectivity index (χ3v) is 7.53. The molecule has 1 aliphatic carbocycles. The van der Waals surface area contributed by atoms with Crippen LogP contribution in [0.4, 0.5) is 5.95 Å². The second kappa shape index (κ2) is 9.50. The highest BCUT2D eigenvalue weighted by Gasteiger charge is 2.36. The van der Waals surface area contributed by atoms with Crippen molar-refractivity contribution in [2.24, 2.45) is 5.10 Å². The van der Waals surface area contributed by atoms with Crippen molar-refractivity contribution in [2.45, 2.75) is 43.4 Å². The van der Waals surface area contributed by atoms with Crippen LogP contribution in [0.3, 0.4) is 0 Å². The predicted molar refractivity (Wildman–Crippen MR) is 133 cm³/mol. The van der Waals surface area contributed by atoms with Gasteiger partial charge in [-0.25, -0.2) is 5.01 Å². The number of nitrogens with zero attached hydrogens (tertiary/aromatic N) is 6. The number of benzene rings is 1. The number of anilines is 1. The van der Waals surface area contributed by atoms with Gasteiger partial charge in [-0.3, -0.25) is 9.36 Å². The van der Waals surface area contributed by atoms with E-state index in [9.17, 15) is 4.79 Å². The van der Waals surface area contributed by atoms with Crippen molar-refractivity contribution in [3.8, 4) is 0 Å². The van der Waals surface area contributed by atoms with Gasteiger partial charge in [0.1, 0.15) is 11.8 Å². The summed E-state index contributed by atoms with van der Waals surface area (Å²) in [5.41, 5.74) is 3.11. The zero-order valence-corrected chi connectivity index (χ0v) is 20.5. The number of amides is 1. The zero-order valence-electron chi connectivity index (χ0n) is 19.7. The van der Waals surface area contributed by atoms with Crippen molar-refractivity contribution < 1.29 is 13.9 Å². The molecule has 0 radical (unpaired) electrons. The smallest absolute Gasteiger partial charge is 0.253 e. The van der Waals surface area contributed by atoms with E-state index in [1.807, 2.05) is 12.1 Å². The van der Waals surface area contributed by atoms with E-state index in [0.717, 1.165) is 54.1 Å². The molecule has 35 heavy (non-hydrogen) atoms. The molecule has 1 unspecified atom stereocenters. The maximum Gasteiger partial charge on any atom is 0.253 e. The van der Waals surface area contributed by atoms with Crippen molar-refractivity contribution in [1.29, 1.82) is 0 Å². The lowest BCUT2D eigenvalue weighted by Crippen LogP contribution is -2.38. The van der Waals surface area contributed by atoms with E-state index in [1.54, 1.807) is 11.3 Å². The fourth-order valence-electron chi connectivity index (χ4n) is 4.55. The van der Waals surface area contributed by atoms with Gasteiger partial charge in [-0.05, 0) is 37.5 Å². The summed E-state index contributed by atoms with van der Waals surface area (Å²) in [7, 11) is 0. The quantitative estimate of drug-likeness (QED) is 0.463. The Morgan fingerprint density at radius 2 is 1.91 bits per heavy atom. The number of hydrogen-bond acceptors (Lipinski definition) is 8. The molecule has 3 aliphatic rings. The number of aromatic nitrogens is 3. The number of furan rings is 1. The van der Waals surface area contributed by atoms with Gasteiger partial charge >= 0.3 is 0 Å².